The van der Waals surface area contributed by atoms with Crippen molar-refractivity contribution in [3.05, 3.63) is 34.6 Å². The van der Waals surface area contributed by atoms with Gasteiger partial charge in [0.25, 0.3) is 0 Å². The van der Waals surface area contributed by atoms with Crippen LogP contribution in [0.25, 0.3) is 0 Å². The van der Waals surface area contributed by atoms with Crippen LogP contribution in [0.15, 0.2) is 18.2 Å². The quantitative estimate of drug-likeness (QED) is 0.646. The first-order valence-corrected chi connectivity index (χ1v) is 7.20. The van der Waals surface area contributed by atoms with E-state index >= 15 is 0 Å². The summed E-state index contributed by atoms with van der Waals surface area (Å²) in [4.78, 5) is 0. The van der Waals surface area contributed by atoms with E-state index in [4.69, 9.17) is 17.4 Å². The normalized spacial score (nSPS) is 15.6. The van der Waals surface area contributed by atoms with Gasteiger partial charge in [0, 0.05) is 11.3 Å². The summed E-state index contributed by atoms with van der Waals surface area (Å²) in [6.07, 6.45) is 1.09. The van der Waals surface area contributed by atoms with Gasteiger partial charge in [-0.25, -0.2) is 12.8 Å². The van der Waals surface area contributed by atoms with Gasteiger partial charge in [0.15, 0.2) is 9.84 Å². The Kier molecular flexibility index (Phi) is 4.48. The highest BCUT2D eigenvalue weighted by molar-refractivity contribution is 7.91. The summed E-state index contributed by atoms with van der Waals surface area (Å²) < 4.78 is 36.1. The first-order valence-electron chi connectivity index (χ1n) is 4.87. The second-order valence-electron chi connectivity index (χ2n) is 3.84. The van der Waals surface area contributed by atoms with Crippen LogP contribution in [-0.2, 0) is 9.84 Å². The fourth-order valence-electron chi connectivity index (χ4n) is 1.48. The molecule has 7 heteroatoms. The fourth-order valence-corrected chi connectivity index (χ4v) is 2.43. The predicted octanol–water partition coefficient (Wildman–Crippen LogP) is 1.42. The molecule has 1 aromatic carbocycles. The van der Waals surface area contributed by atoms with E-state index in [-0.39, 0.29) is 5.02 Å². The zero-order valence-electron chi connectivity index (χ0n) is 9.44. The van der Waals surface area contributed by atoms with Crippen molar-refractivity contribution in [2.75, 3.05) is 6.26 Å². The highest BCUT2D eigenvalue weighted by Crippen LogP contribution is 2.28. The van der Waals surface area contributed by atoms with E-state index in [1.165, 1.54) is 25.1 Å². The maximum absolute atomic E-state index is 13.1. The number of nitrogens with one attached hydrogen (secondary N) is 1. The predicted molar refractivity (Wildman–Crippen MR) is 65.8 cm³/mol. The molecule has 1 rings (SSSR count). The van der Waals surface area contributed by atoms with Gasteiger partial charge in [0.1, 0.15) is 5.82 Å². The minimum absolute atomic E-state index is 0.268. The van der Waals surface area contributed by atoms with Crippen molar-refractivity contribution in [3.63, 3.8) is 0 Å². The molecular formula is C10H14ClFN2O2S. The molecule has 0 aliphatic carbocycles. The van der Waals surface area contributed by atoms with Gasteiger partial charge in [-0.05, 0) is 30.7 Å². The summed E-state index contributed by atoms with van der Waals surface area (Å²) in [5, 5.41) is -0.545. The Morgan fingerprint density at radius 3 is 2.53 bits per heavy atom. The van der Waals surface area contributed by atoms with Crippen molar-refractivity contribution in [3.8, 4) is 0 Å². The summed E-state index contributed by atoms with van der Waals surface area (Å²) in [6.45, 7) is 1.49. The van der Waals surface area contributed by atoms with Gasteiger partial charge in [0.05, 0.1) is 11.3 Å². The maximum atomic E-state index is 13.1. The lowest BCUT2D eigenvalue weighted by molar-refractivity contribution is 0.510. The average Bonchev–Trinajstić information content (AvgIpc) is 2.22. The zero-order chi connectivity index (χ0) is 13.2. The molecule has 0 saturated carbocycles. The molecule has 96 valence electrons. The fraction of sp³-hybridized carbons (Fsp3) is 0.400. The van der Waals surface area contributed by atoms with Gasteiger partial charge < -0.3 is 0 Å². The van der Waals surface area contributed by atoms with E-state index in [2.05, 4.69) is 5.43 Å². The number of hydrogen-bond donors (Lipinski definition) is 2. The third-order valence-electron chi connectivity index (χ3n) is 2.62. The van der Waals surface area contributed by atoms with Crippen LogP contribution in [0.4, 0.5) is 4.39 Å². The molecule has 0 bridgehead atoms. The molecule has 2 atom stereocenters. The van der Waals surface area contributed by atoms with Crippen molar-refractivity contribution in [2.24, 2.45) is 5.84 Å². The molecule has 4 nitrogen and oxygen atoms in total. The molecule has 1 aromatic rings. The Morgan fingerprint density at radius 2 is 2.06 bits per heavy atom. The largest absolute Gasteiger partial charge is 0.271 e. The smallest absolute Gasteiger partial charge is 0.151 e. The highest BCUT2D eigenvalue weighted by atomic mass is 35.5. The van der Waals surface area contributed by atoms with E-state index in [0.717, 1.165) is 6.26 Å². The van der Waals surface area contributed by atoms with Gasteiger partial charge >= 0.3 is 0 Å². The summed E-state index contributed by atoms with van der Waals surface area (Å²) in [6, 6.07) is 2.98. The summed E-state index contributed by atoms with van der Waals surface area (Å²) in [5.41, 5.74) is 2.69. The third-order valence-corrected chi connectivity index (χ3v) is 4.58. The average molecular weight is 281 g/mol. The van der Waals surface area contributed by atoms with Gasteiger partial charge in [-0.1, -0.05) is 11.6 Å². The van der Waals surface area contributed by atoms with Crippen LogP contribution in [0.3, 0.4) is 0 Å². The van der Waals surface area contributed by atoms with E-state index in [1.807, 2.05) is 0 Å². The molecule has 0 heterocycles. The number of halogens is 2. The molecule has 0 amide bonds. The van der Waals surface area contributed by atoms with Gasteiger partial charge in [0.2, 0.25) is 0 Å². The topological polar surface area (TPSA) is 72.2 Å². The summed E-state index contributed by atoms with van der Waals surface area (Å²) in [7, 11) is -3.32. The van der Waals surface area contributed by atoms with E-state index in [1.54, 1.807) is 0 Å². The molecule has 0 radical (unpaired) electrons. The Morgan fingerprint density at radius 1 is 1.47 bits per heavy atom. The molecule has 17 heavy (non-hydrogen) atoms. The first kappa shape index (κ1) is 14.4. The minimum Gasteiger partial charge on any atom is -0.271 e. The standard InChI is InChI=1S/C10H14ClFN2O2S/c1-6(17(2,15)16)10(14-13)8-5-7(12)3-4-9(8)11/h3-6,10,14H,13H2,1-2H3. The maximum Gasteiger partial charge on any atom is 0.151 e. The zero-order valence-corrected chi connectivity index (χ0v) is 11.0. The van der Waals surface area contributed by atoms with Gasteiger partial charge in [-0.3, -0.25) is 11.3 Å². The van der Waals surface area contributed by atoms with E-state index in [9.17, 15) is 12.8 Å². The van der Waals surface area contributed by atoms with Crippen molar-refractivity contribution >= 4 is 21.4 Å². The Bertz CT molecular complexity index is 507. The minimum atomic E-state index is -3.32. The first-order chi connectivity index (χ1) is 7.77. The van der Waals surface area contributed by atoms with Gasteiger partial charge in [-0.2, -0.15) is 0 Å². The molecule has 2 unspecified atom stereocenters. The van der Waals surface area contributed by atoms with Crippen molar-refractivity contribution < 1.29 is 12.8 Å². The molecule has 0 aliphatic heterocycles. The van der Waals surface area contributed by atoms with Crippen molar-refractivity contribution in [1.82, 2.24) is 5.43 Å². The number of hydrazine groups is 1. The molecule has 0 aromatic heterocycles. The molecule has 0 aliphatic rings. The monoisotopic (exact) mass is 280 g/mol. The lowest BCUT2D eigenvalue weighted by Gasteiger charge is -2.23. The second-order valence-corrected chi connectivity index (χ2v) is 6.65. The second kappa shape index (κ2) is 5.30. The SMILES string of the molecule is CC(C(NN)c1cc(F)ccc1Cl)S(C)(=O)=O. The Balaban J connectivity index is 3.23. The Hall–Kier alpha value is -0.690. The van der Waals surface area contributed by atoms with Crippen LogP contribution in [-0.4, -0.2) is 19.9 Å². The van der Waals surface area contributed by atoms with Crippen molar-refractivity contribution in [2.45, 2.75) is 18.2 Å². The number of sulfone groups is 1. The van der Waals surface area contributed by atoms with Crippen LogP contribution in [0.2, 0.25) is 5.02 Å². The van der Waals surface area contributed by atoms with E-state index < -0.39 is 26.9 Å². The summed E-state index contributed by atoms with van der Waals surface area (Å²) >= 11 is 5.91. The number of rotatable bonds is 4. The Labute approximate surface area is 105 Å². The molecule has 0 fully saturated rings. The number of nitrogens with two attached hydrogens (primary N) is 1. The lowest BCUT2D eigenvalue weighted by atomic mass is 10.0. The third kappa shape index (κ3) is 3.38. The van der Waals surface area contributed by atoms with Crippen LogP contribution in [0.1, 0.15) is 18.5 Å². The summed E-state index contributed by atoms with van der Waals surface area (Å²) in [5.74, 6) is 4.83. The van der Waals surface area contributed by atoms with E-state index in [0.29, 0.717) is 5.56 Å². The van der Waals surface area contributed by atoms with Crippen LogP contribution in [0, 0.1) is 5.82 Å². The molecular weight excluding hydrogens is 267 g/mol. The molecule has 0 spiro atoms. The van der Waals surface area contributed by atoms with Crippen molar-refractivity contribution in [1.29, 1.82) is 0 Å². The number of benzene rings is 1. The van der Waals surface area contributed by atoms with Crippen LogP contribution in [0.5, 0.6) is 0 Å². The molecule has 0 saturated heterocycles. The van der Waals surface area contributed by atoms with Crippen LogP contribution < -0.4 is 11.3 Å². The van der Waals surface area contributed by atoms with Crippen LogP contribution >= 0.6 is 11.6 Å². The van der Waals surface area contributed by atoms with Gasteiger partial charge in [-0.15, -0.1) is 0 Å². The number of hydrogen-bond acceptors (Lipinski definition) is 4. The molecule has 3 N–H and O–H groups in total. The highest BCUT2D eigenvalue weighted by Gasteiger charge is 2.28. The lowest BCUT2D eigenvalue weighted by Crippen LogP contribution is -2.39.